The fourth-order valence-electron chi connectivity index (χ4n) is 3.22. The average molecular weight is 373 g/mol. The number of amides is 1. The first kappa shape index (κ1) is 18.0. The molecule has 1 aromatic heterocycles. The summed E-state index contributed by atoms with van der Waals surface area (Å²) >= 11 is 0. The Morgan fingerprint density at radius 1 is 0.964 bits per heavy atom. The molecule has 3 aromatic rings. The average Bonchev–Trinajstić information content (AvgIpc) is 3.29. The molecule has 1 N–H and O–H groups in total. The van der Waals surface area contributed by atoms with E-state index in [1.807, 2.05) is 71.6 Å². The first-order chi connectivity index (χ1) is 13.8. The second-order valence-electron chi connectivity index (χ2n) is 6.86. The van der Waals surface area contributed by atoms with E-state index in [9.17, 15) is 4.79 Å². The third kappa shape index (κ3) is 4.49. The van der Waals surface area contributed by atoms with Crippen molar-refractivity contribution in [2.75, 3.05) is 18.4 Å². The van der Waals surface area contributed by atoms with Gasteiger partial charge in [-0.2, -0.15) is 0 Å². The fourth-order valence-corrected chi connectivity index (χ4v) is 3.22. The van der Waals surface area contributed by atoms with Crippen LogP contribution in [0, 0.1) is 0 Å². The molecule has 1 aliphatic rings. The predicted octanol–water partition coefficient (Wildman–Crippen LogP) is 4.64. The molecule has 0 spiro atoms. The maximum absolute atomic E-state index is 12.4. The Hall–Kier alpha value is -3.34. The number of carbonyl (C=O) groups is 1. The van der Waals surface area contributed by atoms with Crippen LogP contribution in [0.5, 0.6) is 5.75 Å². The van der Waals surface area contributed by atoms with E-state index < -0.39 is 0 Å². The number of hydrogen-bond acceptors (Lipinski definition) is 4. The van der Waals surface area contributed by atoms with Crippen LogP contribution in [0.25, 0.3) is 0 Å². The van der Waals surface area contributed by atoms with Crippen LogP contribution < -0.4 is 10.1 Å². The van der Waals surface area contributed by atoms with Gasteiger partial charge in [0.1, 0.15) is 18.2 Å². The van der Waals surface area contributed by atoms with Gasteiger partial charge >= 0.3 is 0 Å². The summed E-state index contributed by atoms with van der Waals surface area (Å²) in [6.07, 6.45) is 3.81. The van der Waals surface area contributed by atoms with Crippen molar-refractivity contribution < 1.29 is 9.53 Å². The van der Waals surface area contributed by atoms with Gasteiger partial charge in [-0.3, -0.25) is 4.79 Å². The number of carbonyl (C=O) groups excluding carboxylic acids is 1. The molecule has 2 aromatic carbocycles. The summed E-state index contributed by atoms with van der Waals surface area (Å²) in [5, 5.41) is 3.25. The highest BCUT2D eigenvalue weighted by molar-refractivity contribution is 5.94. The lowest BCUT2D eigenvalue weighted by molar-refractivity contribution is 0.0792. The molecule has 0 bridgehead atoms. The number of rotatable bonds is 6. The number of anilines is 2. The van der Waals surface area contributed by atoms with E-state index in [0.717, 1.165) is 42.9 Å². The largest absolute Gasteiger partial charge is 0.489 e. The van der Waals surface area contributed by atoms with Crippen molar-refractivity contribution in [3.05, 3.63) is 84.1 Å². The topological polar surface area (TPSA) is 54.5 Å². The van der Waals surface area contributed by atoms with Crippen molar-refractivity contribution >= 4 is 17.4 Å². The van der Waals surface area contributed by atoms with Crippen LogP contribution in [0.3, 0.4) is 0 Å². The molecule has 1 saturated heterocycles. The molecular formula is C23H23N3O2. The molecule has 5 heteroatoms. The summed E-state index contributed by atoms with van der Waals surface area (Å²) in [6, 6.07) is 21.5. The fraction of sp³-hybridized carbons (Fsp3) is 0.217. The Morgan fingerprint density at radius 2 is 1.71 bits per heavy atom. The monoisotopic (exact) mass is 373 g/mol. The maximum Gasteiger partial charge on any atom is 0.255 e. The minimum absolute atomic E-state index is 0.0662. The lowest BCUT2D eigenvalue weighted by Crippen LogP contribution is -2.27. The van der Waals surface area contributed by atoms with Gasteiger partial charge in [-0.25, -0.2) is 4.98 Å². The van der Waals surface area contributed by atoms with E-state index >= 15 is 0 Å². The summed E-state index contributed by atoms with van der Waals surface area (Å²) in [4.78, 5) is 18.6. The molecular weight excluding hydrogens is 350 g/mol. The van der Waals surface area contributed by atoms with E-state index in [2.05, 4.69) is 10.3 Å². The molecule has 142 valence electrons. The molecule has 28 heavy (non-hydrogen) atoms. The van der Waals surface area contributed by atoms with Crippen LogP contribution in [-0.4, -0.2) is 28.9 Å². The van der Waals surface area contributed by atoms with Gasteiger partial charge in [-0.05, 0) is 54.8 Å². The lowest BCUT2D eigenvalue weighted by Gasteiger charge is -2.15. The minimum atomic E-state index is 0.0662. The summed E-state index contributed by atoms with van der Waals surface area (Å²) in [5.41, 5.74) is 2.69. The first-order valence-corrected chi connectivity index (χ1v) is 9.57. The van der Waals surface area contributed by atoms with Crippen molar-refractivity contribution in [2.24, 2.45) is 0 Å². The van der Waals surface area contributed by atoms with E-state index in [1.54, 1.807) is 6.20 Å². The number of nitrogens with one attached hydrogen (secondary N) is 1. The van der Waals surface area contributed by atoms with Crippen molar-refractivity contribution in [1.82, 2.24) is 9.88 Å². The molecule has 5 nitrogen and oxygen atoms in total. The summed E-state index contributed by atoms with van der Waals surface area (Å²) in [6.45, 7) is 2.23. The van der Waals surface area contributed by atoms with Crippen molar-refractivity contribution in [3.8, 4) is 5.75 Å². The zero-order valence-electron chi connectivity index (χ0n) is 15.7. The van der Waals surface area contributed by atoms with Gasteiger partial charge in [-0.15, -0.1) is 0 Å². The van der Waals surface area contributed by atoms with E-state index in [-0.39, 0.29) is 5.91 Å². The van der Waals surface area contributed by atoms with Crippen LogP contribution >= 0.6 is 0 Å². The van der Waals surface area contributed by atoms with Gasteiger partial charge in [0.2, 0.25) is 0 Å². The number of ether oxygens (including phenoxy) is 1. The van der Waals surface area contributed by atoms with Crippen molar-refractivity contribution in [2.45, 2.75) is 19.4 Å². The second-order valence-corrected chi connectivity index (χ2v) is 6.86. The highest BCUT2D eigenvalue weighted by Crippen LogP contribution is 2.20. The molecule has 4 rings (SSSR count). The number of hydrogen-bond donors (Lipinski definition) is 1. The molecule has 1 aliphatic heterocycles. The van der Waals surface area contributed by atoms with Gasteiger partial charge in [0, 0.05) is 25.0 Å². The van der Waals surface area contributed by atoms with Crippen LogP contribution in [0.15, 0.2) is 72.9 Å². The summed E-state index contributed by atoms with van der Waals surface area (Å²) < 4.78 is 5.80. The highest BCUT2D eigenvalue weighted by atomic mass is 16.5. The number of likely N-dealkylation sites (tertiary alicyclic amines) is 1. The maximum atomic E-state index is 12.4. The molecule has 1 fully saturated rings. The van der Waals surface area contributed by atoms with Gasteiger partial charge in [-0.1, -0.05) is 30.3 Å². The summed E-state index contributed by atoms with van der Waals surface area (Å²) in [7, 11) is 0. The van der Waals surface area contributed by atoms with Gasteiger partial charge in [0.05, 0.1) is 5.56 Å². The predicted molar refractivity (Wildman–Crippen MR) is 110 cm³/mol. The molecule has 1 amide bonds. The Bertz CT molecular complexity index is 903. The number of aromatic nitrogens is 1. The smallest absolute Gasteiger partial charge is 0.255 e. The Morgan fingerprint density at radius 3 is 2.39 bits per heavy atom. The molecule has 0 saturated carbocycles. The normalized spacial score (nSPS) is 13.4. The molecule has 0 atom stereocenters. The van der Waals surface area contributed by atoms with Gasteiger partial charge < -0.3 is 15.0 Å². The second kappa shape index (κ2) is 8.57. The SMILES string of the molecule is O=C(c1ccc(Nc2ccc(OCc3ccccc3)cc2)nc1)N1CCCC1. The van der Waals surface area contributed by atoms with Crippen LogP contribution in [0.4, 0.5) is 11.5 Å². The van der Waals surface area contributed by atoms with Crippen molar-refractivity contribution in [3.63, 3.8) is 0 Å². The summed E-state index contributed by atoms with van der Waals surface area (Å²) in [5.74, 6) is 1.58. The lowest BCUT2D eigenvalue weighted by atomic mass is 10.2. The molecule has 0 radical (unpaired) electrons. The quantitative estimate of drug-likeness (QED) is 0.684. The number of pyridine rings is 1. The standard InChI is InChI=1S/C23H23N3O2/c27-23(26-14-4-5-15-26)19-8-13-22(24-16-19)25-20-9-11-21(12-10-20)28-17-18-6-2-1-3-7-18/h1-3,6-13,16H,4-5,14-15,17H2,(H,24,25). The van der Waals surface area contributed by atoms with Crippen LogP contribution in [0.1, 0.15) is 28.8 Å². The number of nitrogens with zero attached hydrogens (tertiary/aromatic N) is 2. The third-order valence-corrected chi connectivity index (χ3v) is 4.78. The molecule has 0 aliphatic carbocycles. The zero-order valence-corrected chi connectivity index (χ0v) is 15.7. The van der Waals surface area contributed by atoms with E-state index in [1.165, 1.54) is 0 Å². The Kier molecular flexibility index (Phi) is 5.52. The first-order valence-electron chi connectivity index (χ1n) is 9.57. The number of benzene rings is 2. The highest BCUT2D eigenvalue weighted by Gasteiger charge is 2.19. The van der Waals surface area contributed by atoms with E-state index in [0.29, 0.717) is 18.0 Å². The molecule has 2 heterocycles. The third-order valence-electron chi connectivity index (χ3n) is 4.78. The molecule has 0 unspecified atom stereocenters. The van der Waals surface area contributed by atoms with Crippen molar-refractivity contribution in [1.29, 1.82) is 0 Å². The zero-order chi connectivity index (χ0) is 19.2. The Balaban J connectivity index is 1.33. The van der Waals surface area contributed by atoms with Crippen LogP contribution in [-0.2, 0) is 6.61 Å². The van der Waals surface area contributed by atoms with Gasteiger partial charge in [0.25, 0.3) is 5.91 Å². The van der Waals surface area contributed by atoms with Gasteiger partial charge in [0.15, 0.2) is 0 Å². The van der Waals surface area contributed by atoms with E-state index in [4.69, 9.17) is 4.74 Å². The Labute approximate surface area is 165 Å². The minimum Gasteiger partial charge on any atom is -0.489 e. The van der Waals surface area contributed by atoms with Crippen LogP contribution in [0.2, 0.25) is 0 Å².